The quantitative estimate of drug-likeness (QED) is 0.783. The Kier molecular flexibility index (Phi) is 5.12. The van der Waals surface area contributed by atoms with Gasteiger partial charge in [0.05, 0.1) is 5.70 Å². The Labute approximate surface area is 125 Å². The van der Waals surface area contributed by atoms with Crippen LogP contribution >= 0.6 is 11.3 Å². The minimum Gasteiger partial charge on any atom is -0.380 e. The molecule has 1 aromatic heterocycles. The molecule has 0 unspecified atom stereocenters. The lowest BCUT2D eigenvalue weighted by molar-refractivity contribution is 0.502. The molecule has 0 atom stereocenters. The fourth-order valence-electron chi connectivity index (χ4n) is 2.39. The van der Waals surface area contributed by atoms with E-state index in [1.807, 2.05) is 6.21 Å². The van der Waals surface area contributed by atoms with Gasteiger partial charge in [0, 0.05) is 18.7 Å². The number of aliphatic imine (C=N–C) groups is 1. The third-order valence-corrected chi connectivity index (χ3v) is 4.42. The van der Waals surface area contributed by atoms with Gasteiger partial charge < -0.3 is 5.32 Å². The van der Waals surface area contributed by atoms with Crippen LogP contribution < -0.4 is 5.32 Å². The number of rotatable bonds is 7. The van der Waals surface area contributed by atoms with Gasteiger partial charge in [-0.3, -0.25) is 0 Å². The van der Waals surface area contributed by atoms with Crippen molar-refractivity contribution in [1.29, 1.82) is 0 Å². The molecule has 0 bridgehead atoms. The van der Waals surface area contributed by atoms with Crippen LogP contribution in [0.5, 0.6) is 0 Å². The molecule has 108 valence electrons. The summed E-state index contributed by atoms with van der Waals surface area (Å²) in [5.41, 5.74) is 2.90. The fourth-order valence-corrected chi connectivity index (χ4v) is 3.30. The van der Waals surface area contributed by atoms with Crippen LogP contribution in [-0.4, -0.2) is 17.2 Å². The first-order valence-corrected chi connectivity index (χ1v) is 8.14. The molecule has 4 heteroatoms. The number of hydrogen-bond acceptors (Lipinski definition) is 4. The average molecular weight is 289 g/mol. The lowest BCUT2D eigenvalue weighted by Crippen LogP contribution is -2.27. The van der Waals surface area contributed by atoms with Crippen molar-refractivity contribution in [2.45, 2.75) is 52.0 Å². The number of hydrogen-bond donors (Lipinski definition) is 1. The summed E-state index contributed by atoms with van der Waals surface area (Å²) in [5.74, 6) is 0. The van der Waals surface area contributed by atoms with Crippen molar-refractivity contribution in [1.82, 2.24) is 10.3 Å². The Hall–Kier alpha value is -1.42. The van der Waals surface area contributed by atoms with Crippen LogP contribution in [0.2, 0.25) is 0 Å². The summed E-state index contributed by atoms with van der Waals surface area (Å²) in [6, 6.07) is 0.491. The fraction of sp³-hybridized carbons (Fsp3) is 0.500. The zero-order valence-corrected chi connectivity index (χ0v) is 13.2. The first kappa shape index (κ1) is 15.0. The summed E-state index contributed by atoms with van der Waals surface area (Å²) in [7, 11) is 0. The van der Waals surface area contributed by atoms with E-state index in [2.05, 4.69) is 42.3 Å². The van der Waals surface area contributed by atoms with Gasteiger partial charge in [-0.25, -0.2) is 9.98 Å². The van der Waals surface area contributed by atoms with Crippen LogP contribution in [0.1, 0.15) is 56.7 Å². The van der Waals surface area contributed by atoms with Gasteiger partial charge in [-0.05, 0) is 18.4 Å². The van der Waals surface area contributed by atoms with Crippen molar-refractivity contribution in [2.75, 3.05) is 0 Å². The maximum absolute atomic E-state index is 4.65. The van der Waals surface area contributed by atoms with E-state index >= 15 is 0 Å². The zero-order valence-electron chi connectivity index (χ0n) is 12.4. The first-order chi connectivity index (χ1) is 9.65. The van der Waals surface area contributed by atoms with Crippen LogP contribution in [0, 0.1) is 0 Å². The molecule has 0 aliphatic carbocycles. The second-order valence-corrected chi connectivity index (χ2v) is 6.17. The summed E-state index contributed by atoms with van der Waals surface area (Å²) in [6.07, 6.45) is 7.40. The standard InChI is InChI=1S/C16H23N3S/c1-5-7-13(8-6-2)18-12(4)15-19-14-11(3)9-10-17-16(14)20-15/h10,13,18H,3-9H2,1-2H3. The van der Waals surface area contributed by atoms with E-state index in [4.69, 9.17) is 0 Å². The van der Waals surface area contributed by atoms with Gasteiger partial charge in [0.2, 0.25) is 0 Å². The molecular weight excluding hydrogens is 266 g/mol. The van der Waals surface area contributed by atoms with Crippen LogP contribution in [0.3, 0.4) is 0 Å². The predicted octanol–water partition coefficient (Wildman–Crippen LogP) is 4.79. The van der Waals surface area contributed by atoms with E-state index in [1.165, 1.54) is 25.7 Å². The van der Waals surface area contributed by atoms with Gasteiger partial charge in [0.25, 0.3) is 0 Å². The number of allylic oxidation sites excluding steroid dienone is 1. The molecule has 0 spiro atoms. The Bertz CT molecular complexity index is 522. The van der Waals surface area contributed by atoms with E-state index in [9.17, 15) is 0 Å². The molecular formula is C16H23N3S. The minimum atomic E-state index is 0.491. The predicted molar refractivity (Wildman–Crippen MR) is 89.7 cm³/mol. The van der Waals surface area contributed by atoms with Crippen molar-refractivity contribution in [3.05, 3.63) is 23.9 Å². The number of fused-ring (bicyclic) bond motifs is 1. The second-order valence-electron chi connectivity index (χ2n) is 5.19. The Morgan fingerprint density at radius 2 is 2.10 bits per heavy atom. The van der Waals surface area contributed by atoms with Crippen molar-refractivity contribution in [3.63, 3.8) is 0 Å². The first-order valence-electron chi connectivity index (χ1n) is 7.33. The van der Waals surface area contributed by atoms with Crippen molar-refractivity contribution in [2.24, 2.45) is 4.99 Å². The highest BCUT2D eigenvalue weighted by atomic mass is 32.1. The average Bonchev–Trinajstić information content (AvgIpc) is 2.85. The number of nitrogens with one attached hydrogen (secondary N) is 1. The molecule has 0 fully saturated rings. The third kappa shape index (κ3) is 3.37. The van der Waals surface area contributed by atoms with Crippen LogP contribution in [-0.2, 0) is 0 Å². The molecule has 0 saturated carbocycles. The molecule has 0 radical (unpaired) electrons. The van der Waals surface area contributed by atoms with Crippen molar-refractivity contribution >= 4 is 33.8 Å². The van der Waals surface area contributed by atoms with Gasteiger partial charge >= 0.3 is 0 Å². The summed E-state index contributed by atoms with van der Waals surface area (Å²) in [5, 5.41) is 5.43. The zero-order chi connectivity index (χ0) is 14.5. The van der Waals surface area contributed by atoms with E-state index in [1.54, 1.807) is 11.3 Å². The highest BCUT2D eigenvalue weighted by Gasteiger charge is 2.18. The van der Waals surface area contributed by atoms with Crippen LogP contribution in [0.15, 0.2) is 18.2 Å². The van der Waals surface area contributed by atoms with E-state index < -0.39 is 0 Å². The molecule has 1 aliphatic rings. The molecule has 20 heavy (non-hydrogen) atoms. The molecule has 3 nitrogen and oxygen atoms in total. The molecule has 2 rings (SSSR count). The van der Waals surface area contributed by atoms with Crippen molar-refractivity contribution < 1.29 is 0 Å². The van der Waals surface area contributed by atoms with E-state index in [-0.39, 0.29) is 0 Å². The molecule has 0 saturated heterocycles. The minimum absolute atomic E-state index is 0.491. The lowest BCUT2D eigenvalue weighted by atomic mass is 10.1. The van der Waals surface area contributed by atoms with Crippen LogP contribution in [0.25, 0.3) is 11.3 Å². The molecule has 0 amide bonds. The normalized spacial score (nSPS) is 13.7. The maximum Gasteiger partial charge on any atom is 0.143 e. The number of thiazole rings is 1. The lowest BCUT2D eigenvalue weighted by Gasteiger charge is -2.19. The summed E-state index contributed by atoms with van der Waals surface area (Å²) >= 11 is 1.59. The van der Waals surface area contributed by atoms with E-state index in [0.717, 1.165) is 33.4 Å². The second kappa shape index (κ2) is 6.84. The highest BCUT2D eigenvalue weighted by Crippen LogP contribution is 2.37. The van der Waals surface area contributed by atoms with Gasteiger partial charge in [0.15, 0.2) is 0 Å². The van der Waals surface area contributed by atoms with Gasteiger partial charge in [-0.2, -0.15) is 0 Å². The summed E-state index contributed by atoms with van der Waals surface area (Å²) in [4.78, 5) is 9.05. The van der Waals surface area contributed by atoms with Gasteiger partial charge in [0.1, 0.15) is 15.7 Å². The molecule has 2 heterocycles. The largest absolute Gasteiger partial charge is 0.380 e. The Morgan fingerprint density at radius 3 is 2.70 bits per heavy atom. The van der Waals surface area contributed by atoms with Crippen molar-refractivity contribution in [3.8, 4) is 0 Å². The van der Waals surface area contributed by atoms with E-state index in [0.29, 0.717) is 6.04 Å². The third-order valence-electron chi connectivity index (χ3n) is 3.40. The number of nitrogens with zero attached hydrogens (tertiary/aromatic N) is 2. The van der Waals surface area contributed by atoms with Gasteiger partial charge in [-0.1, -0.05) is 51.2 Å². The van der Waals surface area contributed by atoms with Gasteiger partial charge in [-0.15, -0.1) is 0 Å². The molecule has 1 aromatic rings. The summed E-state index contributed by atoms with van der Waals surface area (Å²) < 4.78 is 0. The number of aromatic nitrogens is 1. The molecule has 0 aromatic carbocycles. The monoisotopic (exact) mass is 289 g/mol. The Balaban J connectivity index is 2.09. The smallest absolute Gasteiger partial charge is 0.143 e. The Morgan fingerprint density at radius 1 is 1.40 bits per heavy atom. The maximum atomic E-state index is 4.65. The highest BCUT2D eigenvalue weighted by molar-refractivity contribution is 7.16. The topological polar surface area (TPSA) is 37.3 Å². The van der Waals surface area contributed by atoms with Crippen LogP contribution in [0.4, 0.5) is 5.00 Å². The SMILES string of the molecule is C=C(NC(CCC)CCC)c1nc2c(s1)N=CCC2=C. The molecule has 1 aliphatic heterocycles. The molecule has 1 N–H and O–H groups in total. The summed E-state index contributed by atoms with van der Waals surface area (Å²) in [6.45, 7) is 12.6.